The average molecular weight is 232 g/mol. The zero-order valence-corrected chi connectivity index (χ0v) is 10.5. The minimum atomic E-state index is -0.351. The van der Waals surface area contributed by atoms with Crippen LogP contribution in [0.2, 0.25) is 0 Å². The third-order valence-corrected chi connectivity index (χ3v) is 3.75. The molecule has 1 aromatic rings. The predicted octanol–water partition coefficient (Wildman–Crippen LogP) is 1.74. The van der Waals surface area contributed by atoms with Gasteiger partial charge in [-0.25, -0.2) is 0 Å². The highest BCUT2D eigenvalue weighted by Gasteiger charge is 2.37. The van der Waals surface area contributed by atoms with E-state index < -0.39 is 0 Å². The molecule has 1 aliphatic heterocycles. The van der Waals surface area contributed by atoms with E-state index in [1.807, 2.05) is 30.0 Å². The van der Waals surface area contributed by atoms with Crippen molar-refractivity contribution in [2.75, 3.05) is 6.54 Å². The van der Waals surface area contributed by atoms with Gasteiger partial charge in [-0.15, -0.1) is 0 Å². The second-order valence-corrected chi connectivity index (χ2v) is 4.72. The van der Waals surface area contributed by atoms with Crippen LogP contribution in [0.3, 0.4) is 0 Å². The van der Waals surface area contributed by atoms with E-state index >= 15 is 0 Å². The lowest BCUT2D eigenvalue weighted by Crippen LogP contribution is -2.55. The van der Waals surface area contributed by atoms with Crippen molar-refractivity contribution >= 4 is 5.91 Å². The molecule has 0 unspecified atom stereocenters. The van der Waals surface area contributed by atoms with E-state index in [0.29, 0.717) is 5.92 Å². The summed E-state index contributed by atoms with van der Waals surface area (Å²) in [6.07, 6.45) is 0.751. The first-order valence-corrected chi connectivity index (χ1v) is 6.26. The Balaban J connectivity index is 2.27. The zero-order valence-electron chi connectivity index (χ0n) is 10.5. The fourth-order valence-corrected chi connectivity index (χ4v) is 2.76. The van der Waals surface area contributed by atoms with Crippen LogP contribution >= 0.6 is 0 Å². The number of amides is 1. The van der Waals surface area contributed by atoms with Crippen LogP contribution < -0.4 is 5.73 Å². The lowest BCUT2D eigenvalue weighted by atomic mass is 9.82. The van der Waals surface area contributed by atoms with E-state index in [9.17, 15) is 4.79 Å². The molecule has 0 saturated carbocycles. The van der Waals surface area contributed by atoms with Crippen molar-refractivity contribution in [2.24, 2.45) is 5.73 Å². The minimum absolute atomic E-state index is 0.0900. The molecule has 0 aliphatic carbocycles. The summed E-state index contributed by atoms with van der Waals surface area (Å²) in [7, 11) is 0. The lowest BCUT2D eigenvalue weighted by molar-refractivity contribution is -0.138. The van der Waals surface area contributed by atoms with E-state index in [-0.39, 0.29) is 18.0 Å². The molecular formula is C14H20N2O. The van der Waals surface area contributed by atoms with Gasteiger partial charge >= 0.3 is 0 Å². The van der Waals surface area contributed by atoms with Gasteiger partial charge in [-0.05, 0) is 25.8 Å². The molecule has 1 fully saturated rings. The normalized spacial score (nSPS) is 29.5. The molecule has 3 atom stereocenters. The lowest BCUT2D eigenvalue weighted by Gasteiger charge is -2.41. The van der Waals surface area contributed by atoms with E-state index in [2.05, 4.69) is 19.1 Å². The Hall–Kier alpha value is -1.35. The highest BCUT2D eigenvalue weighted by molar-refractivity contribution is 5.83. The van der Waals surface area contributed by atoms with Crippen LogP contribution in [0, 0.1) is 0 Å². The maximum atomic E-state index is 11.9. The molecule has 1 saturated heterocycles. The molecule has 1 aliphatic rings. The number of carbonyl (C=O) groups excluding carboxylic acids is 1. The van der Waals surface area contributed by atoms with Crippen LogP contribution in [-0.2, 0) is 4.79 Å². The first-order valence-electron chi connectivity index (χ1n) is 6.26. The van der Waals surface area contributed by atoms with Crippen molar-refractivity contribution in [3.8, 4) is 0 Å². The highest BCUT2D eigenvalue weighted by Crippen LogP contribution is 2.32. The SMILES string of the molecule is CCN1C(=O)[C@@H](N)C[C@@H](c2ccccc2)[C@H]1C. The largest absolute Gasteiger partial charge is 0.338 e. The van der Waals surface area contributed by atoms with Crippen LogP contribution in [0.15, 0.2) is 30.3 Å². The molecule has 0 spiro atoms. The fraction of sp³-hybridized carbons (Fsp3) is 0.500. The number of hydrogen-bond acceptors (Lipinski definition) is 2. The average Bonchev–Trinajstić information content (AvgIpc) is 2.36. The molecule has 0 radical (unpaired) electrons. The second-order valence-electron chi connectivity index (χ2n) is 4.72. The molecule has 92 valence electrons. The summed E-state index contributed by atoms with van der Waals surface area (Å²) in [5.74, 6) is 0.441. The number of likely N-dealkylation sites (N-methyl/N-ethyl adjacent to an activating group) is 1. The van der Waals surface area contributed by atoms with E-state index in [0.717, 1.165) is 13.0 Å². The summed E-state index contributed by atoms with van der Waals surface area (Å²) < 4.78 is 0. The molecule has 1 heterocycles. The molecule has 3 nitrogen and oxygen atoms in total. The Bertz CT molecular complexity index is 390. The van der Waals surface area contributed by atoms with E-state index in [1.54, 1.807) is 0 Å². The number of carbonyl (C=O) groups is 1. The Morgan fingerprint density at radius 3 is 2.59 bits per heavy atom. The molecule has 1 aromatic carbocycles. The van der Waals surface area contributed by atoms with Crippen molar-refractivity contribution in [3.05, 3.63) is 35.9 Å². The number of piperidine rings is 1. The Morgan fingerprint density at radius 1 is 1.35 bits per heavy atom. The van der Waals surface area contributed by atoms with Crippen LogP contribution in [0.4, 0.5) is 0 Å². The van der Waals surface area contributed by atoms with Crippen LogP contribution in [0.25, 0.3) is 0 Å². The van der Waals surface area contributed by atoms with Gasteiger partial charge in [0.25, 0.3) is 0 Å². The van der Waals surface area contributed by atoms with Crippen molar-refractivity contribution in [1.82, 2.24) is 4.90 Å². The van der Waals surface area contributed by atoms with Crippen LogP contribution in [-0.4, -0.2) is 29.4 Å². The Kier molecular flexibility index (Phi) is 3.48. The van der Waals surface area contributed by atoms with Gasteiger partial charge in [0.15, 0.2) is 0 Å². The Labute approximate surface area is 103 Å². The summed E-state index contributed by atoms with van der Waals surface area (Å²) in [4.78, 5) is 13.8. The number of rotatable bonds is 2. The Morgan fingerprint density at radius 2 is 2.00 bits per heavy atom. The molecule has 2 N–H and O–H groups in total. The van der Waals surface area contributed by atoms with Gasteiger partial charge in [-0.3, -0.25) is 4.79 Å². The van der Waals surface area contributed by atoms with Crippen molar-refractivity contribution in [2.45, 2.75) is 38.3 Å². The van der Waals surface area contributed by atoms with Gasteiger partial charge in [-0.2, -0.15) is 0 Å². The molecule has 0 bridgehead atoms. The number of hydrogen-bond donors (Lipinski definition) is 1. The fourth-order valence-electron chi connectivity index (χ4n) is 2.76. The molecule has 0 aromatic heterocycles. The first kappa shape index (κ1) is 12.1. The molecule has 1 amide bonds. The zero-order chi connectivity index (χ0) is 12.4. The number of nitrogens with two attached hydrogens (primary N) is 1. The predicted molar refractivity (Wildman–Crippen MR) is 68.6 cm³/mol. The van der Waals surface area contributed by atoms with Crippen molar-refractivity contribution in [1.29, 1.82) is 0 Å². The maximum Gasteiger partial charge on any atom is 0.239 e. The third kappa shape index (κ3) is 2.20. The minimum Gasteiger partial charge on any atom is -0.338 e. The second kappa shape index (κ2) is 4.88. The van der Waals surface area contributed by atoms with Gasteiger partial charge in [0, 0.05) is 18.5 Å². The monoisotopic (exact) mass is 232 g/mol. The van der Waals surface area contributed by atoms with Crippen LogP contribution in [0.1, 0.15) is 31.7 Å². The van der Waals surface area contributed by atoms with Gasteiger partial charge < -0.3 is 10.6 Å². The van der Waals surface area contributed by atoms with E-state index in [1.165, 1.54) is 5.56 Å². The number of benzene rings is 1. The van der Waals surface area contributed by atoms with Gasteiger partial charge in [0.2, 0.25) is 5.91 Å². The summed E-state index contributed by atoms with van der Waals surface area (Å²) in [6, 6.07) is 10.2. The standard InChI is InChI=1S/C14H20N2O/c1-3-16-10(2)12(9-13(15)14(16)17)11-7-5-4-6-8-11/h4-8,10,12-13H,3,9,15H2,1-2H3/t10-,12-,13+/m1/s1. The smallest absolute Gasteiger partial charge is 0.239 e. The molecule has 17 heavy (non-hydrogen) atoms. The summed E-state index contributed by atoms with van der Waals surface area (Å²) in [5, 5.41) is 0. The maximum absolute atomic E-state index is 11.9. The third-order valence-electron chi connectivity index (χ3n) is 3.75. The highest BCUT2D eigenvalue weighted by atomic mass is 16.2. The summed E-state index contributed by atoms with van der Waals surface area (Å²) in [6.45, 7) is 4.86. The molecule has 2 rings (SSSR count). The van der Waals surface area contributed by atoms with Gasteiger partial charge in [0.05, 0.1) is 6.04 Å². The molecular weight excluding hydrogens is 212 g/mol. The number of likely N-dealkylation sites (tertiary alicyclic amines) is 1. The van der Waals surface area contributed by atoms with Crippen molar-refractivity contribution in [3.63, 3.8) is 0 Å². The van der Waals surface area contributed by atoms with Crippen LogP contribution in [0.5, 0.6) is 0 Å². The first-order chi connectivity index (χ1) is 8.15. The summed E-state index contributed by atoms with van der Waals surface area (Å²) in [5.41, 5.74) is 7.22. The van der Waals surface area contributed by atoms with Gasteiger partial charge in [-0.1, -0.05) is 30.3 Å². The van der Waals surface area contributed by atoms with E-state index in [4.69, 9.17) is 5.73 Å². The van der Waals surface area contributed by atoms with Gasteiger partial charge in [0.1, 0.15) is 0 Å². The van der Waals surface area contributed by atoms with Crippen molar-refractivity contribution < 1.29 is 4.79 Å². The summed E-state index contributed by atoms with van der Waals surface area (Å²) >= 11 is 0. The topological polar surface area (TPSA) is 46.3 Å². The number of nitrogens with zero attached hydrogens (tertiary/aromatic N) is 1. The molecule has 3 heteroatoms. The quantitative estimate of drug-likeness (QED) is 0.844.